The van der Waals surface area contributed by atoms with Gasteiger partial charge < -0.3 is 9.64 Å². The first-order chi connectivity index (χ1) is 13.3. The van der Waals surface area contributed by atoms with E-state index in [2.05, 4.69) is 31.0 Å². The van der Waals surface area contributed by atoms with Crippen molar-refractivity contribution in [2.45, 2.75) is 38.0 Å². The van der Waals surface area contributed by atoms with Gasteiger partial charge in [0.2, 0.25) is 5.88 Å². The highest BCUT2D eigenvalue weighted by molar-refractivity contribution is 5.45. The van der Waals surface area contributed by atoms with Crippen molar-refractivity contribution < 1.29 is 4.74 Å². The number of fused-ring (bicyclic) bond motifs is 1. The first-order valence-electron chi connectivity index (χ1n) is 9.85. The van der Waals surface area contributed by atoms with Crippen LogP contribution in [-0.2, 0) is 0 Å². The van der Waals surface area contributed by atoms with Crippen LogP contribution in [0.5, 0.6) is 5.88 Å². The lowest BCUT2D eigenvalue weighted by Gasteiger charge is -2.32. The molecule has 0 spiro atoms. The fourth-order valence-electron chi connectivity index (χ4n) is 3.87. The Labute approximate surface area is 158 Å². The topological polar surface area (TPSA) is 68.4 Å². The van der Waals surface area contributed by atoms with Gasteiger partial charge in [-0.15, -0.1) is 5.10 Å². The number of ether oxygens (including phenoxy) is 1. The summed E-state index contributed by atoms with van der Waals surface area (Å²) in [5.41, 5.74) is 2.02. The summed E-state index contributed by atoms with van der Waals surface area (Å²) in [5.74, 6) is 2.90. The Hall–Kier alpha value is -2.70. The summed E-state index contributed by atoms with van der Waals surface area (Å²) in [7, 11) is 0. The van der Waals surface area contributed by atoms with Gasteiger partial charge in [0.1, 0.15) is 12.1 Å². The molecule has 7 nitrogen and oxygen atoms in total. The third-order valence-electron chi connectivity index (χ3n) is 5.83. The molecule has 4 heterocycles. The van der Waals surface area contributed by atoms with Crippen molar-refractivity contribution in [1.29, 1.82) is 0 Å². The standard InChI is InChI=1S/C20H24N6O/c1-2-16(3-1)17-12-20(23-14-22-17)27-13-15-6-9-25(10-7-15)19-5-4-18-21-8-11-26(18)24-19/h4-5,8,11-12,14-16H,1-3,6-7,9-10,13H2. The van der Waals surface area contributed by atoms with Crippen molar-refractivity contribution in [2.75, 3.05) is 24.6 Å². The van der Waals surface area contributed by atoms with Crippen molar-refractivity contribution in [2.24, 2.45) is 5.92 Å². The summed E-state index contributed by atoms with van der Waals surface area (Å²) in [6.45, 7) is 2.72. The predicted octanol–water partition coefficient (Wildman–Crippen LogP) is 3.08. The summed E-state index contributed by atoms with van der Waals surface area (Å²) in [4.78, 5) is 15.3. The molecule has 3 aromatic heterocycles. The smallest absolute Gasteiger partial charge is 0.216 e. The van der Waals surface area contributed by atoms with Gasteiger partial charge >= 0.3 is 0 Å². The summed E-state index contributed by atoms with van der Waals surface area (Å²) in [6, 6.07) is 6.11. The molecule has 5 rings (SSSR count). The Morgan fingerprint density at radius 3 is 2.74 bits per heavy atom. The molecule has 1 saturated heterocycles. The van der Waals surface area contributed by atoms with Gasteiger partial charge in [0.25, 0.3) is 0 Å². The molecule has 0 aromatic carbocycles. The molecule has 0 N–H and O–H groups in total. The van der Waals surface area contributed by atoms with Crippen LogP contribution in [0, 0.1) is 5.92 Å². The molecule has 1 aliphatic heterocycles. The molecule has 2 aliphatic rings. The number of piperidine rings is 1. The predicted molar refractivity (Wildman–Crippen MR) is 102 cm³/mol. The third-order valence-corrected chi connectivity index (χ3v) is 5.83. The molecule has 0 amide bonds. The van der Waals surface area contributed by atoms with E-state index in [0.717, 1.165) is 55.6 Å². The van der Waals surface area contributed by atoms with Gasteiger partial charge in [-0.2, -0.15) is 0 Å². The second-order valence-corrected chi connectivity index (χ2v) is 7.57. The lowest BCUT2D eigenvalue weighted by Crippen LogP contribution is -2.36. The Kier molecular flexibility index (Phi) is 4.35. The summed E-state index contributed by atoms with van der Waals surface area (Å²) in [6.07, 6.45) is 11.3. The van der Waals surface area contributed by atoms with Gasteiger partial charge in [-0.25, -0.2) is 19.5 Å². The lowest BCUT2D eigenvalue weighted by molar-refractivity contribution is 0.215. The van der Waals surface area contributed by atoms with Crippen LogP contribution in [0.4, 0.5) is 5.82 Å². The van der Waals surface area contributed by atoms with E-state index in [1.165, 1.54) is 19.3 Å². The van der Waals surface area contributed by atoms with Crippen LogP contribution in [-0.4, -0.2) is 44.3 Å². The largest absolute Gasteiger partial charge is 0.477 e. The number of anilines is 1. The van der Waals surface area contributed by atoms with Crippen molar-refractivity contribution in [3.05, 3.63) is 42.6 Å². The number of hydrogen-bond donors (Lipinski definition) is 0. The van der Waals surface area contributed by atoms with E-state index >= 15 is 0 Å². The zero-order chi connectivity index (χ0) is 18.1. The van der Waals surface area contributed by atoms with Gasteiger partial charge in [0.05, 0.1) is 12.3 Å². The fourth-order valence-corrected chi connectivity index (χ4v) is 3.87. The SMILES string of the molecule is c1nc(OCC2CCN(c3ccc4nccn4n3)CC2)cc(C2CCC2)n1. The van der Waals surface area contributed by atoms with Gasteiger partial charge in [-0.3, -0.25) is 0 Å². The molecule has 0 bridgehead atoms. The van der Waals surface area contributed by atoms with Crippen molar-refractivity contribution >= 4 is 11.5 Å². The van der Waals surface area contributed by atoms with Gasteiger partial charge in [0, 0.05) is 37.5 Å². The van der Waals surface area contributed by atoms with Crippen molar-refractivity contribution in [3.8, 4) is 5.88 Å². The average molecular weight is 364 g/mol. The molecule has 3 aromatic rings. The fraction of sp³-hybridized carbons (Fsp3) is 0.500. The van der Waals surface area contributed by atoms with Gasteiger partial charge in [-0.05, 0) is 43.7 Å². The van der Waals surface area contributed by atoms with Crippen LogP contribution in [0.1, 0.15) is 43.7 Å². The van der Waals surface area contributed by atoms with Gasteiger partial charge in [-0.1, -0.05) is 6.42 Å². The number of imidazole rings is 1. The molecule has 2 fully saturated rings. The number of hydrogen-bond acceptors (Lipinski definition) is 6. The van der Waals surface area contributed by atoms with E-state index in [-0.39, 0.29) is 0 Å². The molecule has 1 saturated carbocycles. The first-order valence-corrected chi connectivity index (χ1v) is 9.85. The van der Waals surface area contributed by atoms with Crippen LogP contribution in [0.25, 0.3) is 5.65 Å². The van der Waals surface area contributed by atoms with Crippen molar-refractivity contribution in [1.82, 2.24) is 24.6 Å². The quantitative estimate of drug-likeness (QED) is 0.693. The minimum absolute atomic E-state index is 0.556. The molecular weight excluding hydrogens is 340 g/mol. The summed E-state index contributed by atoms with van der Waals surface area (Å²) >= 11 is 0. The van der Waals surface area contributed by atoms with E-state index in [1.54, 1.807) is 12.5 Å². The molecular formula is C20H24N6O. The maximum absolute atomic E-state index is 6.00. The zero-order valence-corrected chi connectivity index (χ0v) is 15.4. The Morgan fingerprint density at radius 1 is 1.04 bits per heavy atom. The normalized spacial score (nSPS) is 18.6. The molecule has 0 unspecified atom stereocenters. The molecule has 1 aliphatic carbocycles. The van der Waals surface area contributed by atoms with E-state index in [0.29, 0.717) is 11.8 Å². The maximum Gasteiger partial charge on any atom is 0.216 e. The monoisotopic (exact) mass is 364 g/mol. The van der Waals surface area contributed by atoms with E-state index < -0.39 is 0 Å². The van der Waals surface area contributed by atoms with Crippen molar-refractivity contribution in [3.63, 3.8) is 0 Å². The maximum atomic E-state index is 6.00. The van der Waals surface area contributed by atoms with Crippen LogP contribution in [0.15, 0.2) is 36.9 Å². The molecule has 0 radical (unpaired) electrons. The highest BCUT2D eigenvalue weighted by Gasteiger charge is 2.23. The highest BCUT2D eigenvalue weighted by atomic mass is 16.5. The van der Waals surface area contributed by atoms with Crippen LogP contribution >= 0.6 is 0 Å². The summed E-state index contributed by atoms with van der Waals surface area (Å²) < 4.78 is 7.83. The first kappa shape index (κ1) is 16.5. The Bertz CT molecular complexity index is 913. The number of rotatable bonds is 5. The summed E-state index contributed by atoms with van der Waals surface area (Å²) in [5, 5.41) is 4.65. The van der Waals surface area contributed by atoms with Crippen LogP contribution in [0.2, 0.25) is 0 Å². The highest BCUT2D eigenvalue weighted by Crippen LogP contribution is 2.35. The molecule has 140 valence electrons. The van der Waals surface area contributed by atoms with Gasteiger partial charge in [0.15, 0.2) is 5.65 Å². The van der Waals surface area contributed by atoms with E-state index in [4.69, 9.17) is 4.74 Å². The second kappa shape index (κ2) is 7.13. The minimum atomic E-state index is 0.556. The molecule has 0 atom stereocenters. The second-order valence-electron chi connectivity index (χ2n) is 7.57. The Morgan fingerprint density at radius 2 is 1.93 bits per heavy atom. The average Bonchev–Trinajstić information content (AvgIpc) is 3.14. The zero-order valence-electron chi connectivity index (χ0n) is 15.4. The van der Waals surface area contributed by atoms with E-state index in [9.17, 15) is 0 Å². The lowest BCUT2D eigenvalue weighted by atomic mass is 9.83. The van der Waals surface area contributed by atoms with Crippen LogP contribution < -0.4 is 9.64 Å². The third kappa shape index (κ3) is 3.46. The molecule has 27 heavy (non-hydrogen) atoms. The van der Waals surface area contributed by atoms with E-state index in [1.807, 2.05) is 22.8 Å². The number of aromatic nitrogens is 5. The molecule has 7 heteroatoms. The minimum Gasteiger partial charge on any atom is -0.477 e. The number of nitrogens with zero attached hydrogens (tertiary/aromatic N) is 6. The van der Waals surface area contributed by atoms with Crippen LogP contribution in [0.3, 0.4) is 0 Å². The Balaban J connectivity index is 1.15.